The number of aromatic nitrogens is 3. The number of amides is 1. The highest BCUT2D eigenvalue weighted by Crippen LogP contribution is 2.21. The lowest BCUT2D eigenvalue weighted by Gasteiger charge is -2.16. The third-order valence-electron chi connectivity index (χ3n) is 3.53. The summed E-state index contributed by atoms with van der Waals surface area (Å²) in [5.41, 5.74) is 1.57. The van der Waals surface area contributed by atoms with Crippen LogP contribution in [0.1, 0.15) is 17.4 Å². The average Bonchev–Trinajstić information content (AvgIpc) is 2.97. The topological polar surface area (TPSA) is 69.0 Å². The SMILES string of the molecule is CO[C@H](C(=O)Nc1cc(C)nn1-c1ccccn1)c1ccccc1. The Morgan fingerprint density at radius 1 is 1.17 bits per heavy atom. The van der Waals surface area contributed by atoms with Gasteiger partial charge in [0.1, 0.15) is 5.82 Å². The summed E-state index contributed by atoms with van der Waals surface area (Å²) in [4.78, 5) is 16.9. The maximum Gasteiger partial charge on any atom is 0.259 e. The van der Waals surface area contributed by atoms with Crippen LogP contribution in [0, 0.1) is 6.92 Å². The minimum atomic E-state index is -0.696. The number of carbonyl (C=O) groups is 1. The number of rotatable bonds is 5. The van der Waals surface area contributed by atoms with Crippen molar-refractivity contribution in [2.75, 3.05) is 12.4 Å². The summed E-state index contributed by atoms with van der Waals surface area (Å²) in [5.74, 6) is 0.921. The summed E-state index contributed by atoms with van der Waals surface area (Å²) in [5, 5.41) is 7.27. The van der Waals surface area contributed by atoms with Crippen molar-refractivity contribution in [3.63, 3.8) is 0 Å². The zero-order valence-corrected chi connectivity index (χ0v) is 13.5. The lowest BCUT2D eigenvalue weighted by molar-refractivity contribution is -0.126. The quantitative estimate of drug-likeness (QED) is 0.784. The highest BCUT2D eigenvalue weighted by atomic mass is 16.5. The first kappa shape index (κ1) is 15.9. The molecule has 2 heterocycles. The van der Waals surface area contributed by atoms with Crippen molar-refractivity contribution in [2.24, 2.45) is 0 Å². The molecule has 0 radical (unpaired) electrons. The van der Waals surface area contributed by atoms with Crippen LogP contribution in [0.25, 0.3) is 5.82 Å². The zero-order valence-electron chi connectivity index (χ0n) is 13.5. The van der Waals surface area contributed by atoms with Gasteiger partial charge in [0, 0.05) is 19.4 Å². The van der Waals surface area contributed by atoms with Crippen LogP contribution in [0.4, 0.5) is 5.82 Å². The Hall–Kier alpha value is -2.99. The normalized spacial score (nSPS) is 11.9. The maximum absolute atomic E-state index is 12.6. The predicted molar refractivity (Wildman–Crippen MR) is 90.9 cm³/mol. The van der Waals surface area contributed by atoms with E-state index in [1.165, 1.54) is 7.11 Å². The van der Waals surface area contributed by atoms with Crippen molar-refractivity contribution in [3.05, 3.63) is 72.1 Å². The Morgan fingerprint density at radius 2 is 1.92 bits per heavy atom. The first-order chi connectivity index (χ1) is 11.7. The molecular formula is C18H18N4O2. The van der Waals surface area contributed by atoms with Gasteiger partial charge in [-0.2, -0.15) is 9.78 Å². The second-order valence-electron chi connectivity index (χ2n) is 5.29. The summed E-state index contributed by atoms with van der Waals surface area (Å²) >= 11 is 0. The summed E-state index contributed by atoms with van der Waals surface area (Å²) in [6.45, 7) is 1.86. The van der Waals surface area contributed by atoms with Crippen molar-refractivity contribution in [3.8, 4) is 5.82 Å². The fourth-order valence-corrected chi connectivity index (χ4v) is 2.46. The van der Waals surface area contributed by atoms with Gasteiger partial charge in [-0.25, -0.2) is 4.98 Å². The van der Waals surface area contributed by atoms with E-state index in [-0.39, 0.29) is 5.91 Å². The Morgan fingerprint density at radius 3 is 2.58 bits per heavy atom. The number of anilines is 1. The van der Waals surface area contributed by atoms with Gasteiger partial charge in [-0.1, -0.05) is 36.4 Å². The molecular weight excluding hydrogens is 304 g/mol. The van der Waals surface area contributed by atoms with E-state index in [9.17, 15) is 4.79 Å². The standard InChI is InChI=1S/C18H18N4O2/c1-13-12-16(22(21-13)15-10-6-7-11-19-15)20-18(23)17(24-2)14-8-4-3-5-9-14/h3-12,17H,1-2H3,(H,20,23)/t17-/m0/s1. The number of benzene rings is 1. The van der Waals surface area contributed by atoms with Gasteiger partial charge in [0.15, 0.2) is 11.9 Å². The second-order valence-corrected chi connectivity index (χ2v) is 5.29. The minimum Gasteiger partial charge on any atom is -0.367 e. The number of nitrogens with zero attached hydrogens (tertiary/aromatic N) is 3. The van der Waals surface area contributed by atoms with Crippen LogP contribution < -0.4 is 5.32 Å². The summed E-state index contributed by atoms with van der Waals surface area (Å²) < 4.78 is 6.97. The van der Waals surface area contributed by atoms with Gasteiger partial charge in [0.25, 0.3) is 5.91 Å². The fraction of sp³-hybridized carbons (Fsp3) is 0.167. The lowest BCUT2D eigenvalue weighted by atomic mass is 10.1. The van der Waals surface area contributed by atoms with Gasteiger partial charge >= 0.3 is 0 Å². The van der Waals surface area contributed by atoms with Crippen molar-refractivity contribution in [1.29, 1.82) is 0 Å². The maximum atomic E-state index is 12.6. The molecule has 2 aromatic heterocycles. The molecule has 1 atom stereocenters. The third kappa shape index (κ3) is 3.33. The number of pyridine rings is 1. The van der Waals surface area contributed by atoms with Gasteiger partial charge in [0.05, 0.1) is 5.69 Å². The monoisotopic (exact) mass is 322 g/mol. The Bertz CT molecular complexity index is 816. The van der Waals surface area contributed by atoms with Crippen LogP contribution in [0.5, 0.6) is 0 Å². The largest absolute Gasteiger partial charge is 0.367 e. The molecule has 0 saturated carbocycles. The van der Waals surface area contributed by atoms with E-state index >= 15 is 0 Å². The van der Waals surface area contributed by atoms with Crippen LogP contribution >= 0.6 is 0 Å². The molecule has 1 aromatic carbocycles. The molecule has 0 aliphatic heterocycles. The number of hydrogen-bond acceptors (Lipinski definition) is 4. The number of methoxy groups -OCH3 is 1. The molecule has 0 aliphatic rings. The number of aryl methyl sites for hydroxylation is 1. The second kappa shape index (κ2) is 7.06. The van der Waals surface area contributed by atoms with E-state index in [1.807, 2.05) is 55.5 Å². The van der Waals surface area contributed by atoms with E-state index in [2.05, 4.69) is 15.4 Å². The van der Waals surface area contributed by atoms with Gasteiger partial charge in [-0.3, -0.25) is 4.79 Å². The molecule has 3 aromatic rings. The molecule has 6 heteroatoms. The summed E-state index contributed by atoms with van der Waals surface area (Å²) in [6, 6.07) is 16.7. The Labute approximate surface area is 140 Å². The van der Waals surface area contributed by atoms with E-state index < -0.39 is 6.10 Å². The van der Waals surface area contributed by atoms with E-state index in [4.69, 9.17) is 4.74 Å². The number of carbonyl (C=O) groups excluding carboxylic acids is 1. The molecule has 6 nitrogen and oxygen atoms in total. The van der Waals surface area contributed by atoms with E-state index in [1.54, 1.807) is 16.9 Å². The van der Waals surface area contributed by atoms with Gasteiger partial charge < -0.3 is 10.1 Å². The molecule has 0 spiro atoms. The smallest absolute Gasteiger partial charge is 0.259 e. The minimum absolute atomic E-state index is 0.263. The van der Waals surface area contributed by atoms with E-state index in [0.717, 1.165) is 11.3 Å². The van der Waals surface area contributed by atoms with Crippen molar-refractivity contribution < 1.29 is 9.53 Å². The van der Waals surface area contributed by atoms with Crippen molar-refractivity contribution >= 4 is 11.7 Å². The van der Waals surface area contributed by atoms with Crippen LogP contribution in [-0.4, -0.2) is 27.8 Å². The van der Waals surface area contributed by atoms with Crippen LogP contribution in [0.3, 0.4) is 0 Å². The average molecular weight is 322 g/mol. The molecule has 0 fully saturated rings. The molecule has 0 saturated heterocycles. The molecule has 1 amide bonds. The van der Waals surface area contributed by atoms with Gasteiger partial charge in [-0.15, -0.1) is 0 Å². The summed E-state index contributed by atoms with van der Waals surface area (Å²) in [7, 11) is 1.51. The van der Waals surface area contributed by atoms with Crippen LogP contribution in [0.15, 0.2) is 60.8 Å². The number of ether oxygens (including phenoxy) is 1. The molecule has 0 unspecified atom stereocenters. The Balaban J connectivity index is 1.87. The first-order valence-corrected chi connectivity index (χ1v) is 7.55. The molecule has 0 bridgehead atoms. The predicted octanol–water partition coefficient (Wildman–Crippen LogP) is 2.90. The third-order valence-corrected chi connectivity index (χ3v) is 3.53. The van der Waals surface area contributed by atoms with E-state index in [0.29, 0.717) is 11.6 Å². The number of nitrogens with one attached hydrogen (secondary N) is 1. The molecule has 0 aliphatic carbocycles. The van der Waals surface area contributed by atoms with Crippen LogP contribution in [0.2, 0.25) is 0 Å². The Kier molecular flexibility index (Phi) is 4.67. The fourth-order valence-electron chi connectivity index (χ4n) is 2.46. The van der Waals surface area contributed by atoms with Gasteiger partial charge in [0.2, 0.25) is 0 Å². The van der Waals surface area contributed by atoms with Crippen molar-refractivity contribution in [1.82, 2.24) is 14.8 Å². The molecule has 3 rings (SSSR count). The highest BCUT2D eigenvalue weighted by Gasteiger charge is 2.22. The van der Waals surface area contributed by atoms with Gasteiger partial charge in [-0.05, 0) is 24.6 Å². The molecule has 1 N–H and O–H groups in total. The van der Waals surface area contributed by atoms with Crippen LogP contribution in [-0.2, 0) is 9.53 Å². The zero-order chi connectivity index (χ0) is 16.9. The lowest BCUT2D eigenvalue weighted by Crippen LogP contribution is -2.24. The molecule has 122 valence electrons. The summed E-state index contributed by atoms with van der Waals surface area (Å²) in [6.07, 6.45) is 0.985. The highest BCUT2D eigenvalue weighted by molar-refractivity contribution is 5.94. The van der Waals surface area contributed by atoms with Crippen molar-refractivity contribution in [2.45, 2.75) is 13.0 Å². The number of hydrogen-bond donors (Lipinski definition) is 1. The molecule has 24 heavy (non-hydrogen) atoms. The first-order valence-electron chi connectivity index (χ1n) is 7.55.